The summed E-state index contributed by atoms with van der Waals surface area (Å²) in [6.07, 6.45) is 3.82. The van der Waals surface area contributed by atoms with E-state index in [4.69, 9.17) is 24.4 Å². The molecule has 0 saturated carbocycles. The van der Waals surface area contributed by atoms with E-state index in [0.717, 1.165) is 33.4 Å². The van der Waals surface area contributed by atoms with Gasteiger partial charge in [-0.25, -0.2) is 9.67 Å². The topological polar surface area (TPSA) is 86.5 Å². The van der Waals surface area contributed by atoms with Crippen molar-refractivity contribution in [2.24, 2.45) is 0 Å². The van der Waals surface area contributed by atoms with Gasteiger partial charge in [-0.1, -0.05) is 18.2 Å². The van der Waals surface area contributed by atoms with Crippen LogP contribution >= 0.6 is 0 Å². The molecular weight excluding hydrogens is 370 g/mol. The maximum absolute atomic E-state index is 8.36. The Morgan fingerprint density at radius 2 is 1.69 bits per heavy atom. The molecule has 2 heterocycles. The molecule has 0 bridgehead atoms. The maximum Gasteiger partial charge on any atom is 0.290 e. The summed E-state index contributed by atoms with van der Waals surface area (Å²) in [7, 11) is 3.27. The summed E-state index contributed by atoms with van der Waals surface area (Å²) in [5, 5.41) is 12.4. The molecule has 0 atom stereocenters. The Hall–Kier alpha value is -3.87. The van der Waals surface area contributed by atoms with E-state index >= 15 is 0 Å². The number of carbonyl (C=O) groups is 1. The van der Waals surface area contributed by atoms with Crippen molar-refractivity contribution >= 4 is 17.4 Å². The number of ether oxygens (including phenoxy) is 2. The number of rotatable bonds is 4. The molecule has 4 rings (SSSR count). The van der Waals surface area contributed by atoms with Gasteiger partial charge in [0, 0.05) is 23.2 Å². The molecule has 0 spiro atoms. The second-order valence-electron chi connectivity index (χ2n) is 6.16. The fourth-order valence-corrected chi connectivity index (χ4v) is 3.05. The van der Waals surface area contributed by atoms with Crippen molar-refractivity contribution in [3.63, 3.8) is 0 Å². The van der Waals surface area contributed by atoms with E-state index in [9.17, 15) is 0 Å². The monoisotopic (exact) mass is 391 g/mol. The number of methoxy groups -OCH3 is 2. The quantitative estimate of drug-likeness (QED) is 0.527. The first-order chi connectivity index (χ1) is 14.1. The van der Waals surface area contributed by atoms with Crippen molar-refractivity contribution in [3.05, 3.63) is 66.5 Å². The van der Waals surface area contributed by atoms with E-state index in [1.165, 1.54) is 0 Å². The van der Waals surface area contributed by atoms with Crippen LogP contribution in [-0.4, -0.2) is 40.6 Å². The van der Waals surface area contributed by atoms with Gasteiger partial charge in [0.2, 0.25) is 0 Å². The molecule has 2 aromatic heterocycles. The minimum absolute atomic E-state index is 0.250. The van der Waals surface area contributed by atoms with Gasteiger partial charge in [0.05, 0.1) is 37.3 Å². The summed E-state index contributed by atoms with van der Waals surface area (Å²) in [4.78, 5) is 13.2. The lowest BCUT2D eigenvalue weighted by atomic mass is 10.1. The van der Waals surface area contributed by atoms with Crippen LogP contribution in [0, 0.1) is 6.92 Å². The van der Waals surface area contributed by atoms with Gasteiger partial charge in [0.25, 0.3) is 6.47 Å². The Kier molecular flexibility index (Phi) is 6.09. The highest BCUT2D eigenvalue weighted by Crippen LogP contribution is 2.34. The molecule has 0 amide bonds. The van der Waals surface area contributed by atoms with Crippen molar-refractivity contribution < 1.29 is 19.4 Å². The predicted molar refractivity (Wildman–Crippen MR) is 111 cm³/mol. The fraction of sp³-hybridized carbons (Fsp3) is 0.136. The van der Waals surface area contributed by atoms with E-state index in [1.54, 1.807) is 14.2 Å². The maximum atomic E-state index is 8.36. The number of hydrogen-bond acceptors (Lipinski definition) is 5. The largest absolute Gasteiger partial charge is 0.493 e. The first-order valence-corrected chi connectivity index (χ1v) is 8.83. The van der Waals surface area contributed by atoms with E-state index in [0.29, 0.717) is 11.5 Å². The highest BCUT2D eigenvalue weighted by molar-refractivity contribution is 5.88. The molecule has 0 aliphatic rings. The van der Waals surface area contributed by atoms with Crippen LogP contribution in [0.25, 0.3) is 27.8 Å². The van der Waals surface area contributed by atoms with Gasteiger partial charge < -0.3 is 14.6 Å². The number of carboxylic acid groups (broad SMARTS) is 1. The molecule has 0 aliphatic heterocycles. The van der Waals surface area contributed by atoms with Crippen LogP contribution in [0.1, 0.15) is 5.56 Å². The molecule has 4 aromatic rings. The standard InChI is InChI=1S/C21H19N3O2.CH2O2/c1-14-9-18(15-12-22-24(13-15)16-7-5-4-6-8-16)23-19-11-21(26-3)20(25-2)10-17(14)19;2-1-3/h4-13H,1-3H3;1H,(H,2,3). The summed E-state index contributed by atoms with van der Waals surface area (Å²) in [5.74, 6) is 1.37. The summed E-state index contributed by atoms with van der Waals surface area (Å²) < 4.78 is 12.7. The third-order valence-electron chi connectivity index (χ3n) is 4.42. The van der Waals surface area contributed by atoms with Crippen LogP contribution in [0.3, 0.4) is 0 Å². The van der Waals surface area contributed by atoms with Crippen LogP contribution in [0.4, 0.5) is 0 Å². The lowest BCUT2D eigenvalue weighted by Crippen LogP contribution is -1.94. The van der Waals surface area contributed by atoms with E-state index in [1.807, 2.05) is 59.5 Å². The van der Waals surface area contributed by atoms with Crippen LogP contribution in [0.2, 0.25) is 0 Å². The predicted octanol–water partition coefficient (Wildman–Crippen LogP) is 4.11. The number of pyridine rings is 1. The lowest BCUT2D eigenvalue weighted by Gasteiger charge is -2.11. The third-order valence-corrected chi connectivity index (χ3v) is 4.42. The second-order valence-corrected chi connectivity index (χ2v) is 6.16. The minimum atomic E-state index is -0.250. The average molecular weight is 391 g/mol. The first-order valence-electron chi connectivity index (χ1n) is 8.83. The van der Waals surface area contributed by atoms with E-state index < -0.39 is 0 Å². The molecule has 7 nitrogen and oxygen atoms in total. The van der Waals surface area contributed by atoms with Gasteiger partial charge in [-0.05, 0) is 36.8 Å². The molecule has 0 saturated heterocycles. The van der Waals surface area contributed by atoms with Crippen molar-refractivity contribution in [3.8, 4) is 28.4 Å². The Morgan fingerprint density at radius 1 is 1.03 bits per heavy atom. The molecular formula is C22H21N3O4. The van der Waals surface area contributed by atoms with Gasteiger partial charge in [-0.2, -0.15) is 5.10 Å². The van der Waals surface area contributed by atoms with E-state index in [2.05, 4.69) is 18.1 Å². The van der Waals surface area contributed by atoms with Crippen LogP contribution in [0.15, 0.2) is 60.9 Å². The van der Waals surface area contributed by atoms with Gasteiger partial charge in [-0.15, -0.1) is 0 Å². The molecule has 0 unspecified atom stereocenters. The highest BCUT2D eigenvalue weighted by atomic mass is 16.5. The number of nitrogens with zero attached hydrogens (tertiary/aromatic N) is 3. The Bertz CT molecular complexity index is 1120. The number of aryl methyl sites for hydroxylation is 1. The smallest absolute Gasteiger partial charge is 0.290 e. The minimum Gasteiger partial charge on any atom is -0.493 e. The summed E-state index contributed by atoms with van der Waals surface area (Å²) >= 11 is 0. The summed E-state index contributed by atoms with van der Waals surface area (Å²) in [6, 6.07) is 16.0. The molecule has 0 radical (unpaired) electrons. The van der Waals surface area contributed by atoms with Gasteiger partial charge in [0.1, 0.15) is 0 Å². The summed E-state index contributed by atoms with van der Waals surface area (Å²) in [6.45, 7) is 1.82. The van der Waals surface area contributed by atoms with Crippen LogP contribution in [-0.2, 0) is 4.79 Å². The number of aromatic nitrogens is 3. The number of para-hydroxylation sites is 1. The van der Waals surface area contributed by atoms with E-state index in [-0.39, 0.29) is 6.47 Å². The average Bonchev–Trinajstić information content (AvgIpc) is 3.24. The fourth-order valence-electron chi connectivity index (χ4n) is 3.05. The van der Waals surface area contributed by atoms with Crippen molar-refractivity contribution in [2.75, 3.05) is 14.2 Å². The zero-order valence-corrected chi connectivity index (χ0v) is 16.4. The molecule has 2 aromatic carbocycles. The Labute approximate surface area is 168 Å². The number of hydrogen-bond donors (Lipinski definition) is 1. The summed E-state index contributed by atoms with van der Waals surface area (Å²) in [5.41, 5.74) is 4.85. The lowest BCUT2D eigenvalue weighted by molar-refractivity contribution is -0.122. The zero-order chi connectivity index (χ0) is 20.8. The van der Waals surface area contributed by atoms with Crippen molar-refractivity contribution in [2.45, 2.75) is 6.92 Å². The normalized spacial score (nSPS) is 10.2. The van der Waals surface area contributed by atoms with Crippen LogP contribution < -0.4 is 9.47 Å². The highest BCUT2D eigenvalue weighted by Gasteiger charge is 2.12. The molecule has 29 heavy (non-hydrogen) atoms. The molecule has 7 heteroatoms. The third kappa shape index (κ3) is 4.19. The zero-order valence-electron chi connectivity index (χ0n) is 16.4. The van der Waals surface area contributed by atoms with Gasteiger partial charge in [0.15, 0.2) is 11.5 Å². The molecule has 148 valence electrons. The van der Waals surface area contributed by atoms with Crippen LogP contribution in [0.5, 0.6) is 11.5 Å². The molecule has 1 N–H and O–H groups in total. The van der Waals surface area contributed by atoms with Crippen molar-refractivity contribution in [1.82, 2.24) is 14.8 Å². The van der Waals surface area contributed by atoms with Crippen molar-refractivity contribution in [1.29, 1.82) is 0 Å². The Morgan fingerprint density at radius 3 is 2.34 bits per heavy atom. The van der Waals surface area contributed by atoms with Gasteiger partial charge >= 0.3 is 0 Å². The SMILES string of the molecule is COc1cc2nc(-c3cnn(-c4ccccc4)c3)cc(C)c2cc1OC.O=CO. The molecule has 0 fully saturated rings. The van der Waals surface area contributed by atoms with Gasteiger partial charge in [-0.3, -0.25) is 4.79 Å². The Balaban J connectivity index is 0.000000755. The molecule has 0 aliphatic carbocycles. The number of benzene rings is 2. The number of fused-ring (bicyclic) bond motifs is 1. The first kappa shape index (κ1) is 19.9. The second kappa shape index (κ2) is 8.88.